The molecule has 0 radical (unpaired) electrons. The van der Waals surface area contributed by atoms with E-state index >= 15 is 0 Å². The van der Waals surface area contributed by atoms with Crippen LogP contribution >= 0.6 is 9.24 Å². The molecule has 9 heavy (non-hydrogen) atoms. The van der Waals surface area contributed by atoms with Gasteiger partial charge in [0.05, 0.1) is 0 Å². The van der Waals surface area contributed by atoms with Gasteiger partial charge >= 0.3 is 0 Å². The smallest absolute Gasteiger partial charge is 0.0345 e. The van der Waals surface area contributed by atoms with E-state index < -0.39 is 0 Å². The van der Waals surface area contributed by atoms with E-state index in [1.54, 1.807) is 0 Å². The Kier molecular flexibility index (Phi) is 4.35. The Bertz CT molecular complexity index is 152. The summed E-state index contributed by atoms with van der Waals surface area (Å²) < 4.78 is 0. The average molecular weight is 140 g/mol. The highest BCUT2D eigenvalue weighted by Crippen LogP contribution is 2.06. The Labute approximate surface area is 59.6 Å². The van der Waals surface area contributed by atoms with Crippen LogP contribution in [0, 0.1) is 0 Å². The fourth-order valence-electron chi connectivity index (χ4n) is 0.335. The van der Waals surface area contributed by atoms with Gasteiger partial charge < -0.3 is 0 Å². The average Bonchev–Trinajstić information content (AvgIpc) is 1.83. The van der Waals surface area contributed by atoms with Gasteiger partial charge in [-0.05, 0) is 19.2 Å². The predicted octanol–water partition coefficient (Wildman–Crippen LogP) is 2.90. The summed E-state index contributed by atoms with van der Waals surface area (Å²) in [5, 5.41) is 1.19. The molecule has 0 amide bonds. The molecule has 0 N–H and O–H groups in total. The fourth-order valence-corrected chi connectivity index (χ4v) is 0.431. The van der Waals surface area contributed by atoms with Gasteiger partial charge in [0.2, 0.25) is 0 Å². The van der Waals surface area contributed by atoms with Crippen molar-refractivity contribution in [1.82, 2.24) is 0 Å². The minimum absolute atomic E-state index is 1.08. The van der Waals surface area contributed by atoms with E-state index in [4.69, 9.17) is 0 Å². The molecular weight excluding hydrogens is 127 g/mol. The largest absolute Gasteiger partial charge is 0.106 e. The van der Waals surface area contributed by atoms with Crippen LogP contribution in [0.15, 0.2) is 35.7 Å². The second kappa shape index (κ2) is 4.52. The lowest BCUT2D eigenvalue weighted by molar-refractivity contribution is 1.55. The zero-order valence-corrected chi connectivity index (χ0v) is 7.17. The second-order valence-corrected chi connectivity index (χ2v) is 2.64. The van der Waals surface area contributed by atoms with Gasteiger partial charge in [-0.1, -0.05) is 30.4 Å². The molecule has 1 unspecified atom stereocenters. The quantitative estimate of drug-likeness (QED) is 0.408. The molecule has 0 aliphatic rings. The number of rotatable bonds is 2. The van der Waals surface area contributed by atoms with Gasteiger partial charge in [-0.15, -0.1) is 9.24 Å². The van der Waals surface area contributed by atoms with Crippen molar-refractivity contribution in [2.75, 3.05) is 0 Å². The highest BCUT2D eigenvalue weighted by atomic mass is 31.0. The predicted molar refractivity (Wildman–Crippen MR) is 47.4 cm³/mol. The van der Waals surface area contributed by atoms with Crippen LogP contribution in [0.5, 0.6) is 0 Å². The summed E-state index contributed by atoms with van der Waals surface area (Å²) in [6.45, 7) is 7.72. The lowest BCUT2D eigenvalue weighted by Crippen LogP contribution is -1.62. The van der Waals surface area contributed by atoms with E-state index in [0.717, 1.165) is 5.57 Å². The van der Waals surface area contributed by atoms with Crippen LogP contribution in [0.25, 0.3) is 0 Å². The van der Waals surface area contributed by atoms with Crippen LogP contribution in [-0.4, -0.2) is 0 Å². The molecule has 0 heterocycles. The molecule has 0 nitrogen and oxygen atoms in total. The molecule has 0 aliphatic heterocycles. The monoisotopic (exact) mass is 140 g/mol. The molecule has 0 aliphatic carbocycles. The Morgan fingerprint density at radius 1 is 1.44 bits per heavy atom. The highest BCUT2D eigenvalue weighted by Gasteiger charge is 1.76. The van der Waals surface area contributed by atoms with Crippen molar-refractivity contribution in [2.24, 2.45) is 0 Å². The minimum Gasteiger partial charge on any atom is -0.106 e. The van der Waals surface area contributed by atoms with Crippen molar-refractivity contribution < 1.29 is 0 Å². The van der Waals surface area contributed by atoms with E-state index in [9.17, 15) is 0 Å². The van der Waals surface area contributed by atoms with Gasteiger partial charge in [-0.25, -0.2) is 0 Å². The normalized spacial score (nSPS) is 12.6. The third-order valence-electron chi connectivity index (χ3n) is 0.894. The van der Waals surface area contributed by atoms with E-state index in [-0.39, 0.29) is 0 Å². The Morgan fingerprint density at radius 2 is 2.00 bits per heavy atom. The standard InChI is InChI=1S/C8H13P/c1-4-8(9)6-5-7(2)3/h4-6H,2,9H2,1,3H3/b6-5-,8-4+. The summed E-state index contributed by atoms with van der Waals surface area (Å²) in [5.74, 6) is 0. The lowest BCUT2D eigenvalue weighted by Gasteiger charge is -1.86. The van der Waals surface area contributed by atoms with Gasteiger partial charge in [0.25, 0.3) is 0 Å². The molecule has 1 heteroatoms. The van der Waals surface area contributed by atoms with Crippen LogP contribution in [0.3, 0.4) is 0 Å². The zero-order chi connectivity index (χ0) is 7.28. The Morgan fingerprint density at radius 3 is 2.33 bits per heavy atom. The van der Waals surface area contributed by atoms with Crippen molar-refractivity contribution in [3.63, 3.8) is 0 Å². The molecule has 0 aromatic rings. The zero-order valence-electron chi connectivity index (χ0n) is 6.02. The van der Waals surface area contributed by atoms with E-state index in [1.165, 1.54) is 5.31 Å². The summed E-state index contributed by atoms with van der Waals surface area (Å²) >= 11 is 0. The molecule has 0 rings (SSSR count). The van der Waals surface area contributed by atoms with Crippen LogP contribution in [-0.2, 0) is 0 Å². The third kappa shape index (κ3) is 5.52. The van der Waals surface area contributed by atoms with Crippen LogP contribution in [0.4, 0.5) is 0 Å². The summed E-state index contributed by atoms with van der Waals surface area (Å²) in [7, 11) is 2.63. The summed E-state index contributed by atoms with van der Waals surface area (Å²) in [6.07, 6.45) is 6.04. The maximum absolute atomic E-state index is 3.74. The number of hydrogen-bond acceptors (Lipinski definition) is 0. The van der Waals surface area contributed by atoms with Crippen molar-refractivity contribution in [2.45, 2.75) is 13.8 Å². The Balaban J connectivity index is 3.86. The van der Waals surface area contributed by atoms with Gasteiger partial charge in [0.1, 0.15) is 0 Å². The van der Waals surface area contributed by atoms with Crippen molar-refractivity contribution in [3.8, 4) is 0 Å². The summed E-state index contributed by atoms with van der Waals surface area (Å²) in [4.78, 5) is 0. The first-order valence-electron chi connectivity index (χ1n) is 2.92. The fraction of sp³-hybridized carbons (Fsp3) is 0.250. The van der Waals surface area contributed by atoms with E-state index in [1.807, 2.05) is 32.1 Å². The molecule has 0 aromatic carbocycles. The molecule has 50 valence electrons. The van der Waals surface area contributed by atoms with Gasteiger partial charge in [0, 0.05) is 0 Å². The second-order valence-electron chi connectivity index (χ2n) is 1.97. The molecule has 0 aromatic heterocycles. The first-order valence-corrected chi connectivity index (χ1v) is 3.50. The molecule has 0 bridgehead atoms. The topological polar surface area (TPSA) is 0 Å². The molecule has 0 spiro atoms. The molecule has 0 saturated carbocycles. The van der Waals surface area contributed by atoms with Gasteiger partial charge in [-0.3, -0.25) is 0 Å². The molecule has 1 atom stereocenters. The van der Waals surface area contributed by atoms with Crippen LogP contribution in [0.2, 0.25) is 0 Å². The maximum Gasteiger partial charge on any atom is -0.0345 e. The molecule has 0 fully saturated rings. The number of hydrogen-bond donors (Lipinski definition) is 0. The summed E-state index contributed by atoms with van der Waals surface area (Å²) in [6, 6.07) is 0. The molecule has 0 saturated heterocycles. The van der Waals surface area contributed by atoms with Gasteiger partial charge in [0.15, 0.2) is 0 Å². The minimum atomic E-state index is 1.08. The van der Waals surface area contributed by atoms with Crippen LogP contribution in [0.1, 0.15) is 13.8 Å². The van der Waals surface area contributed by atoms with E-state index in [0.29, 0.717) is 0 Å². The highest BCUT2D eigenvalue weighted by molar-refractivity contribution is 7.22. The maximum atomic E-state index is 3.74. The third-order valence-corrected chi connectivity index (χ3v) is 1.42. The Hall–Kier alpha value is -0.350. The van der Waals surface area contributed by atoms with Crippen LogP contribution < -0.4 is 0 Å². The first kappa shape index (κ1) is 8.65. The SMILES string of the molecule is C=C(C)/C=C\C(P)=C/C. The number of allylic oxidation sites excluding steroid dienone is 5. The van der Waals surface area contributed by atoms with Crippen molar-refractivity contribution in [3.05, 3.63) is 35.7 Å². The van der Waals surface area contributed by atoms with Crippen molar-refractivity contribution >= 4 is 9.24 Å². The lowest BCUT2D eigenvalue weighted by atomic mass is 10.3. The van der Waals surface area contributed by atoms with Gasteiger partial charge in [-0.2, -0.15) is 0 Å². The van der Waals surface area contributed by atoms with E-state index in [2.05, 4.69) is 15.8 Å². The molecular formula is C8H13P. The van der Waals surface area contributed by atoms with Crippen molar-refractivity contribution in [1.29, 1.82) is 0 Å². The summed E-state index contributed by atoms with van der Waals surface area (Å²) in [5.41, 5.74) is 1.08. The first-order chi connectivity index (χ1) is 4.16.